The Morgan fingerprint density at radius 2 is 2.31 bits per heavy atom. The molecule has 0 radical (unpaired) electrons. The van der Waals surface area contributed by atoms with Gasteiger partial charge in [-0.2, -0.15) is 0 Å². The molecule has 16 heavy (non-hydrogen) atoms. The average Bonchev–Trinajstić information content (AvgIpc) is 2.61. The van der Waals surface area contributed by atoms with Crippen molar-refractivity contribution < 1.29 is 9.90 Å². The third-order valence-corrected chi connectivity index (χ3v) is 2.76. The van der Waals surface area contributed by atoms with E-state index in [1.165, 1.54) is 18.3 Å². The van der Waals surface area contributed by atoms with Crippen molar-refractivity contribution in [2.45, 2.75) is 26.4 Å². The molecule has 88 valence electrons. The van der Waals surface area contributed by atoms with Crippen LogP contribution in [0.25, 0.3) is 5.70 Å². The lowest BCUT2D eigenvalue weighted by Gasteiger charge is -2.18. The van der Waals surface area contributed by atoms with Crippen LogP contribution in [0.5, 0.6) is 0 Å². The van der Waals surface area contributed by atoms with Crippen molar-refractivity contribution >= 4 is 22.8 Å². The van der Waals surface area contributed by atoms with Crippen LogP contribution in [0.2, 0.25) is 0 Å². The van der Waals surface area contributed by atoms with Gasteiger partial charge in [-0.05, 0) is 13.8 Å². The molecule has 1 heterocycles. The zero-order valence-corrected chi connectivity index (χ0v) is 10.5. The summed E-state index contributed by atoms with van der Waals surface area (Å²) in [4.78, 5) is 15.2. The number of hydrogen-bond donors (Lipinski definition) is 2. The summed E-state index contributed by atoms with van der Waals surface area (Å²) in [5.74, 6) is -0.0576. The largest absolute Gasteiger partial charge is 0.389 e. The Kier molecular flexibility index (Phi) is 3.83. The maximum absolute atomic E-state index is 11.1. The number of nitrogens with zero attached hydrogens (tertiary/aromatic N) is 1. The molecule has 0 bridgehead atoms. The van der Waals surface area contributed by atoms with Crippen LogP contribution in [0.4, 0.5) is 0 Å². The smallest absolute Gasteiger partial charge is 0.178 e. The van der Waals surface area contributed by atoms with Gasteiger partial charge in [-0.25, -0.2) is 4.98 Å². The molecule has 0 saturated carbocycles. The summed E-state index contributed by atoms with van der Waals surface area (Å²) in [5, 5.41) is 14.9. The van der Waals surface area contributed by atoms with Gasteiger partial charge in [0.2, 0.25) is 0 Å². The van der Waals surface area contributed by atoms with Gasteiger partial charge < -0.3 is 10.4 Å². The van der Waals surface area contributed by atoms with E-state index in [0.717, 1.165) is 0 Å². The first-order chi connectivity index (χ1) is 7.29. The molecule has 0 spiro atoms. The second-order valence-electron chi connectivity index (χ2n) is 4.24. The predicted molar refractivity (Wildman–Crippen MR) is 65.5 cm³/mol. The Bertz CT molecular complexity index is 404. The number of hydrogen-bond acceptors (Lipinski definition) is 5. The normalized spacial score (nSPS) is 11.2. The topological polar surface area (TPSA) is 62.2 Å². The van der Waals surface area contributed by atoms with E-state index in [0.29, 0.717) is 22.9 Å². The molecule has 0 amide bonds. The van der Waals surface area contributed by atoms with E-state index in [1.807, 2.05) is 0 Å². The summed E-state index contributed by atoms with van der Waals surface area (Å²) in [7, 11) is 0. The van der Waals surface area contributed by atoms with E-state index in [1.54, 1.807) is 19.2 Å². The summed E-state index contributed by atoms with van der Waals surface area (Å²) in [6.45, 7) is 9.09. The summed E-state index contributed by atoms with van der Waals surface area (Å²) in [6.07, 6.45) is 0. The fourth-order valence-electron chi connectivity index (χ4n) is 0.973. The number of nitrogens with one attached hydrogen (secondary N) is 1. The highest BCUT2D eigenvalue weighted by Gasteiger charge is 2.14. The standard InChI is InChI=1S/C11H16N2O2S/c1-7(12-6-11(3,4)15)10-13-9(5-16-10)8(2)14/h5,12,15H,1,6H2,2-4H3. The van der Waals surface area contributed by atoms with E-state index < -0.39 is 5.60 Å². The molecule has 0 aliphatic rings. The molecule has 0 fully saturated rings. The predicted octanol–water partition coefficient (Wildman–Crippen LogP) is 1.68. The molecule has 1 aromatic rings. The first kappa shape index (κ1) is 12.9. The van der Waals surface area contributed by atoms with E-state index in [4.69, 9.17) is 0 Å². The summed E-state index contributed by atoms with van der Waals surface area (Å²) < 4.78 is 0. The molecule has 0 saturated heterocycles. The maximum Gasteiger partial charge on any atom is 0.178 e. The van der Waals surface area contributed by atoms with Gasteiger partial charge >= 0.3 is 0 Å². The molecule has 0 atom stereocenters. The van der Waals surface area contributed by atoms with Crippen LogP contribution in [-0.4, -0.2) is 28.0 Å². The summed E-state index contributed by atoms with van der Waals surface area (Å²) >= 11 is 1.36. The summed E-state index contributed by atoms with van der Waals surface area (Å²) in [5.41, 5.74) is 0.273. The van der Waals surface area contributed by atoms with Crippen molar-refractivity contribution in [3.8, 4) is 0 Å². The number of aromatic nitrogens is 1. The number of aliphatic hydroxyl groups is 1. The molecule has 1 aromatic heterocycles. The van der Waals surface area contributed by atoms with Gasteiger partial charge in [-0.1, -0.05) is 6.58 Å². The minimum atomic E-state index is -0.802. The van der Waals surface area contributed by atoms with E-state index in [9.17, 15) is 9.90 Å². The zero-order valence-electron chi connectivity index (χ0n) is 9.70. The van der Waals surface area contributed by atoms with Crippen molar-refractivity contribution in [2.75, 3.05) is 6.54 Å². The first-order valence-electron chi connectivity index (χ1n) is 4.91. The second kappa shape index (κ2) is 4.76. The van der Waals surface area contributed by atoms with Crippen molar-refractivity contribution in [1.29, 1.82) is 0 Å². The summed E-state index contributed by atoms with van der Waals surface area (Å²) in [6, 6.07) is 0. The van der Waals surface area contributed by atoms with Gasteiger partial charge in [0.05, 0.1) is 11.3 Å². The third-order valence-electron chi connectivity index (χ3n) is 1.86. The number of thiazole rings is 1. The Morgan fingerprint density at radius 3 is 2.75 bits per heavy atom. The van der Waals surface area contributed by atoms with Gasteiger partial charge in [-0.3, -0.25) is 4.79 Å². The van der Waals surface area contributed by atoms with Crippen LogP contribution in [0.15, 0.2) is 12.0 Å². The lowest BCUT2D eigenvalue weighted by Crippen LogP contribution is -2.33. The lowest BCUT2D eigenvalue weighted by atomic mass is 10.1. The highest BCUT2D eigenvalue weighted by molar-refractivity contribution is 7.10. The van der Waals surface area contributed by atoms with Crippen LogP contribution >= 0.6 is 11.3 Å². The highest BCUT2D eigenvalue weighted by Crippen LogP contribution is 2.16. The number of carbonyl (C=O) groups is 1. The second-order valence-corrected chi connectivity index (χ2v) is 5.10. The SMILES string of the molecule is C=C(NCC(C)(C)O)c1nc(C(C)=O)cs1. The Balaban J connectivity index is 2.63. The molecule has 4 nitrogen and oxygen atoms in total. The fraction of sp³-hybridized carbons (Fsp3) is 0.455. The quantitative estimate of drug-likeness (QED) is 0.769. The Morgan fingerprint density at radius 1 is 1.69 bits per heavy atom. The van der Waals surface area contributed by atoms with Crippen LogP contribution in [0.3, 0.4) is 0 Å². The van der Waals surface area contributed by atoms with Crippen molar-refractivity contribution in [3.63, 3.8) is 0 Å². The van der Waals surface area contributed by atoms with Crippen LogP contribution in [-0.2, 0) is 0 Å². The number of carbonyl (C=O) groups excluding carboxylic acids is 1. The van der Waals surface area contributed by atoms with Crippen molar-refractivity contribution in [2.24, 2.45) is 0 Å². The van der Waals surface area contributed by atoms with Gasteiger partial charge in [-0.15, -0.1) is 11.3 Å². The zero-order chi connectivity index (χ0) is 12.3. The first-order valence-corrected chi connectivity index (χ1v) is 5.79. The van der Waals surface area contributed by atoms with Gasteiger partial charge in [0, 0.05) is 18.8 Å². The van der Waals surface area contributed by atoms with Crippen LogP contribution in [0, 0.1) is 0 Å². The van der Waals surface area contributed by atoms with Gasteiger partial charge in [0.25, 0.3) is 0 Å². The molecule has 5 heteroatoms. The molecular formula is C11H16N2O2S. The van der Waals surface area contributed by atoms with E-state index >= 15 is 0 Å². The van der Waals surface area contributed by atoms with E-state index in [2.05, 4.69) is 16.9 Å². The minimum Gasteiger partial charge on any atom is -0.389 e. The van der Waals surface area contributed by atoms with Crippen LogP contribution < -0.4 is 5.32 Å². The van der Waals surface area contributed by atoms with Gasteiger partial charge in [0.1, 0.15) is 10.7 Å². The Hall–Kier alpha value is -1.20. The monoisotopic (exact) mass is 240 g/mol. The number of Topliss-reactive ketones (excluding diaryl/α,β-unsaturated/α-hetero) is 1. The fourth-order valence-corrected chi connectivity index (χ4v) is 1.78. The maximum atomic E-state index is 11.1. The van der Waals surface area contributed by atoms with Gasteiger partial charge in [0.15, 0.2) is 5.78 Å². The molecule has 0 unspecified atom stereocenters. The molecule has 0 aliphatic carbocycles. The third kappa shape index (κ3) is 3.75. The lowest BCUT2D eigenvalue weighted by molar-refractivity contribution is 0.0842. The van der Waals surface area contributed by atoms with Crippen LogP contribution in [0.1, 0.15) is 36.3 Å². The molecule has 0 aromatic carbocycles. The number of ketones is 1. The molecule has 1 rings (SSSR count). The molecule has 2 N–H and O–H groups in total. The minimum absolute atomic E-state index is 0.0576. The molecular weight excluding hydrogens is 224 g/mol. The van der Waals surface area contributed by atoms with Crippen molar-refractivity contribution in [1.82, 2.24) is 10.3 Å². The highest BCUT2D eigenvalue weighted by atomic mass is 32.1. The van der Waals surface area contributed by atoms with Crippen molar-refractivity contribution in [3.05, 3.63) is 22.7 Å². The molecule has 0 aliphatic heterocycles. The Labute approximate surface area is 99.0 Å². The van der Waals surface area contributed by atoms with E-state index in [-0.39, 0.29) is 5.78 Å². The average molecular weight is 240 g/mol. The number of rotatable bonds is 5.